The van der Waals surface area contributed by atoms with E-state index in [-0.39, 0.29) is 0 Å². The summed E-state index contributed by atoms with van der Waals surface area (Å²) in [6.45, 7) is 2.38. The van der Waals surface area contributed by atoms with Crippen LogP contribution in [-0.2, 0) is 19.3 Å². The van der Waals surface area contributed by atoms with Crippen LogP contribution in [0.3, 0.4) is 0 Å². The molecule has 3 rings (SSSR count). The van der Waals surface area contributed by atoms with E-state index in [0.29, 0.717) is 12.6 Å². The van der Waals surface area contributed by atoms with E-state index in [4.69, 9.17) is 5.73 Å². The molecule has 0 spiro atoms. The van der Waals surface area contributed by atoms with Crippen LogP contribution in [0.25, 0.3) is 0 Å². The highest BCUT2D eigenvalue weighted by atomic mass is 32.2. The fraction of sp³-hybridized carbons (Fsp3) is 0.636. The molecular formula is C11H17N7S. The van der Waals surface area contributed by atoms with Crippen molar-refractivity contribution in [1.82, 2.24) is 29.5 Å². The molecule has 1 aliphatic rings. The number of thioether (sulfide) groups is 1. The quantitative estimate of drug-likeness (QED) is 0.815. The zero-order valence-electron chi connectivity index (χ0n) is 11.1. The summed E-state index contributed by atoms with van der Waals surface area (Å²) < 4.78 is 4.17. The molecule has 2 aromatic rings. The lowest BCUT2D eigenvalue weighted by Crippen LogP contribution is -2.08. The standard InChI is InChI=1S/C11H17N7S/c1-7-13-15-10(17(7)2)6-19-11-16-14-9(5-12)18(11)8-3-4-8/h8H,3-6,12H2,1-2H3. The SMILES string of the molecule is Cc1nnc(CSc2nnc(CN)n2C2CC2)n1C. The summed E-state index contributed by atoms with van der Waals surface area (Å²) in [5.41, 5.74) is 5.71. The highest BCUT2D eigenvalue weighted by Gasteiger charge is 2.29. The Bertz CT molecular complexity index is 584. The second-order valence-corrected chi connectivity index (χ2v) is 5.66. The second-order valence-electron chi connectivity index (χ2n) is 4.72. The second kappa shape index (κ2) is 4.93. The molecule has 0 radical (unpaired) electrons. The molecule has 1 saturated carbocycles. The molecule has 1 aliphatic carbocycles. The van der Waals surface area contributed by atoms with E-state index in [1.54, 1.807) is 11.8 Å². The largest absolute Gasteiger partial charge is 0.324 e. The van der Waals surface area contributed by atoms with Crippen LogP contribution in [0.5, 0.6) is 0 Å². The predicted octanol–water partition coefficient (Wildman–Crippen LogP) is 0.801. The van der Waals surface area contributed by atoms with Gasteiger partial charge in [0, 0.05) is 13.1 Å². The highest BCUT2D eigenvalue weighted by Crippen LogP contribution is 2.39. The number of aryl methyl sites for hydroxylation is 1. The molecule has 1 fully saturated rings. The van der Waals surface area contributed by atoms with Crippen LogP contribution in [0, 0.1) is 6.92 Å². The number of aromatic nitrogens is 6. The molecule has 0 amide bonds. The summed E-state index contributed by atoms with van der Waals surface area (Å²) >= 11 is 1.64. The Balaban J connectivity index is 1.76. The summed E-state index contributed by atoms with van der Waals surface area (Å²) in [7, 11) is 1.97. The van der Waals surface area contributed by atoms with E-state index in [1.165, 1.54) is 12.8 Å². The Morgan fingerprint density at radius 1 is 1.21 bits per heavy atom. The van der Waals surface area contributed by atoms with Gasteiger partial charge in [0.1, 0.15) is 17.5 Å². The van der Waals surface area contributed by atoms with Crippen molar-refractivity contribution >= 4 is 11.8 Å². The molecule has 2 N–H and O–H groups in total. The molecule has 0 bridgehead atoms. The summed E-state index contributed by atoms with van der Waals surface area (Å²) in [6, 6.07) is 0.539. The van der Waals surface area contributed by atoms with E-state index < -0.39 is 0 Å². The van der Waals surface area contributed by atoms with Crippen molar-refractivity contribution in [3.8, 4) is 0 Å². The minimum absolute atomic E-state index is 0.438. The molecule has 0 aliphatic heterocycles. The fourth-order valence-electron chi connectivity index (χ4n) is 1.95. The smallest absolute Gasteiger partial charge is 0.191 e. The van der Waals surface area contributed by atoms with Crippen LogP contribution in [0.15, 0.2) is 5.16 Å². The zero-order chi connectivity index (χ0) is 13.4. The lowest BCUT2D eigenvalue weighted by atomic mass is 10.5. The monoisotopic (exact) mass is 279 g/mol. The van der Waals surface area contributed by atoms with Gasteiger partial charge in [0.05, 0.1) is 12.3 Å². The van der Waals surface area contributed by atoms with E-state index in [1.807, 2.05) is 18.5 Å². The van der Waals surface area contributed by atoms with E-state index in [0.717, 1.165) is 28.4 Å². The van der Waals surface area contributed by atoms with Gasteiger partial charge in [0.25, 0.3) is 0 Å². The van der Waals surface area contributed by atoms with Crippen molar-refractivity contribution in [3.63, 3.8) is 0 Å². The molecule has 19 heavy (non-hydrogen) atoms. The average molecular weight is 279 g/mol. The number of hydrogen-bond acceptors (Lipinski definition) is 6. The average Bonchev–Trinajstić information content (AvgIpc) is 3.10. The van der Waals surface area contributed by atoms with Crippen molar-refractivity contribution in [2.24, 2.45) is 12.8 Å². The molecule has 7 nitrogen and oxygen atoms in total. The van der Waals surface area contributed by atoms with Gasteiger partial charge in [-0.3, -0.25) is 0 Å². The Morgan fingerprint density at radius 2 is 1.95 bits per heavy atom. The van der Waals surface area contributed by atoms with Crippen LogP contribution < -0.4 is 5.73 Å². The molecule has 0 saturated heterocycles. The van der Waals surface area contributed by atoms with Crippen LogP contribution in [0.4, 0.5) is 0 Å². The summed E-state index contributed by atoms with van der Waals surface area (Å²) in [6.07, 6.45) is 2.39. The molecule has 0 unspecified atom stereocenters. The zero-order valence-corrected chi connectivity index (χ0v) is 11.9. The van der Waals surface area contributed by atoms with Crippen molar-refractivity contribution in [2.75, 3.05) is 0 Å². The molecule has 2 aromatic heterocycles. The maximum atomic E-state index is 5.71. The van der Waals surface area contributed by atoms with Crippen LogP contribution in [0.2, 0.25) is 0 Å². The van der Waals surface area contributed by atoms with Gasteiger partial charge in [-0.15, -0.1) is 20.4 Å². The molecule has 102 valence electrons. The van der Waals surface area contributed by atoms with Gasteiger partial charge in [0.15, 0.2) is 5.16 Å². The van der Waals surface area contributed by atoms with Gasteiger partial charge >= 0.3 is 0 Å². The third-order valence-corrected chi connectivity index (χ3v) is 4.28. The van der Waals surface area contributed by atoms with Gasteiger partial charge < -0.3 is 14.9 Å². The third kappa shape index (κ3) is 2.37. The van der Waals surface area contributed by atoms with Gasteiger partial charge in [0.2, 0.25) is 0 Å². The maximum Gasteiger partial charge on any atom is 0.191 e. The van der Waals surface area contributed by atoms with E-state index in [9.17, 15) is 0 Å². The molecule has 8 heteroatoms. The summed E-state index contributed by atoms with van der Waals surface area (Å²) in [5.74, 6) is 3.48. The minimum atomic E-state index is 0.438. The summed E-state index contributed by atoms with van der Waals surface area (Å²) in [4.78, 5) is 0. The maximum absolute atomic E-state index is 5.71. The van der Waals surface area contributed by atoms with Crippen LogP contribution in [0.1, 0.15) is 36.4 Å². The molecule has 0 atom stereocenters. The third-order valence-electron chi connectivity index (χ3n) is 3.34. The Labute approximate surface area is 115 Å². The van der Waals surface area contributed by atoms with E-state index in [2.05, 4.69) is 25.0 Å². The molecular weight excluding hydrogens is 262 g/mol. The van der Waals surface area contributed by atoms with Crippen molar-refractivity contribution in [2.45, 2.75) is 43.3 Å². The van der Waals surface area contributed by atoms with Crippen molar-refractivity contribution < 1.29 is 0 Å². The van der Waals surface area contributed by atoms with Gasteiger partial charge in [-0.1, -0.05) is 11.8 Å². The van der Waals surface area contributed by atoms with Gasteiger partial charge in [-0.05, 0) is 19.8 Å². The highest BCUT2D eigenvalue weighted by molar-refractivity contribution is 7.98. The number of rotatable bonds is 5. The first-order valence-corrected chi connectivity index (χ1v) is 7.30. The molecule has 2 heterocycles. The van der Waals surface area contributed by atoms with Gasteiger partial charge in [-0.25, -0.2) is 0 Å². The normalized spacial score (nSPS) is 15.1. The Hall–Kier alpha value is -1.41. The Kier molecular flexibility index (Phi) is 3.28. The van der Waals surface area contributed by atoms with Crippen LogP contribution >= 0.6 is 11.8 Å². The topological polar surface area (TPSA) is 87.4 Å². The van der Waals surface area contributed by atoms with Crippen molar-refractivity contribution in [1.29, 1.82) is 0 Å². The Morgan fingerprint density at radius 3 is 2.53 bits per heavy atom. The van der Waals surface area contributed by atoms with Gasteiger partial charge in [-0.2, -0.15) is 0 Å². The first-order valence-electron chi connectivity index (χ1n) is 6.32. The number of hydrogen-bond donors (Lipinski definition) is 1. The van der Waals surface area contributed by atoms with Crippen LogP contribution in [-0.4, -0.2) is 29.5 Å². The number of nitrogens with two attached hydrogens (primary N) is 1. The summed E-state index contributed by atoms with van der Waals surface area (Å²) in [5, 5.41) is 17.5. The fourth-order valence-corrected chi connectivity index (χ4v) is 2.95. The first-order chi connectivity index (χ1) is 9.20. The predicted molar refractivity (Wildman–Crippen MR) is 71.5 cm³/mol. The molecule has 0 aromatic carbocycles. The minimum Gasteiger partial charge on any atom is -0.324 e. The lowest BCUT2D eigenvalue weighted by molar-refractivity contribution is 0.626. The lowest BCUT2D eigenvalue weighted by Gasteiger charge is -2.07. The number of nitrogens with zero attached hydrogens (tertiary/aromatic N) is 6. The van der Waals surface area contributed by atoms with Crippen molar-refractivity contribution in [3.05, 3.63) is 17.5 Å². The first kappa shape index (κ1) is 12.6. The van der Waals surface area contributed by atoms with E-state index >= 15 is 0 Å².